The minimum absolute atomic E-state index is 0.674. The van der Waals surface area contributed by atoms with E-state index in [-0.39, 0.29) is 0 Å². The van der Waals surface area contributed by atoms with Gasteiger partial charge < -0.3 is 10.2 Å². The molecule has 2 fully saturated rings. The number of nitrogens with one attached hydrogen (secondary N) is 1. The van der Waals surface area contributed by atoms with E-state index < -0.39 is 0 Å². The van der Waals surface area contributed by atoms with Gasteiger partial charge in [0, 0.05) is 18.1 Å². The standard InChI is InChI=1S/C14H22N4/c1-2-17-11-6-12-4-3-5-13(7-11)18(12)14-8-15-10-16-9-14/h8-13,17H,2-7H2,1H3. The molecule has 1 aromatic heterocycles. The first-order valence-electron chi connectivity index (χ1n) is 7.15. The first kappa shape index (κ1) is 11.9. The minimum Gasteiger partial charge on any atom is -0.363 e. The summed E-state index contributed by atoms with van der Waals surface area (Å²) in [4.78, 5) is 10.9. The average Bonchev–Trinajstić information content (AvgIpc) is 2.39. The number of fused-ring (bicyclic) bond motifs is 2. The Balaban J connectivity index is 1.80. The van der Waals surface area contributed by atoms with Gasteiger partial charge in [-0.15, -0.1) is 0 Å². The van der Waals surface area contributed by atoms with Crippen LogP contribution < -0.4 is 10.2 Å². The molecule has 2 bridgehead atoms. The smallest absolute Gasteiger partial charge is 0.115 e. The summed E-state index contributed by atoms with van der Waals surface area (Å²) in [6, 6.07) is 2.05. The summed E-state index contributed by atoms with van der Waals surface area (Å²) >= 11 is 0. The van der Waals surface area contributed by atoms with Crippen molar-refractivity contribution in [3.63, 3.8) is 0 Å². The fourth-order valence-corrected chi connectivity index (χ4v) is 3.68. The van der Waals surface area contributed by atoms with Crippen molar-refractivity contribution in [2.75, 3.05) is 11.4 Å². The van der Waals surface area contributed by atoms with E-state index in [1.807, 2.05) is 12.4 Å². The van der Waals surface area contributed by atoms with Crippen LogP contribution in [0.15, 0.2) is 18.7 Å². The van der Waals surface area contributed by atoms with E-state index in [9.17, 15) is 0 Å². The van der Waals surface area contributed by atoms with Crippen molar-refractivity contribution in [2.24, 2.45) is 0 Å². The predicted octanol–water partition coefficient (Wildman–Crippen LogP) is 1.98. The molecule has 4 nitrogen and oxygen atoms in total. The first-order chi connectivity index (χ1) is 8.88. The zero-order valence-corrected chi connectivity index (χ0v) is 11.0. The van der Waals surface area contributed by atoms with E-state index in [0.717, 1.165) is 6.54 Å². The van der Waals surface area contributed by atoms with E-state index in [2.05, 4.69) is 27.1 Å². The Bertz CT molecular complexity index is 367. The van der Waals surface area contributed by atoms with Crippen molar-refractivity contribution in [3.05, 3.63) is 18.7 Å². The summed E-state index contributed by atoms with van der Waals surface area (Å²) in [6.45, 7) is 3.28. The molecule has 0 radical (unpaired) electrons. The van der Waals surface area contributed by atoms with Gasteiger partial charge >= 0.3 is 0 Å². The van der Waals surface area contributed by atoms with Gasteiger partial charge in [0.2, 0.25) is 0 Å². The highest BCUT2D eigenvalue weighted by Gasteiger charge is 2.38. The fourth-order valence-electron chi connectivity index (χ4n) is 3.68. The number of aromatic nitrogens is 2. The molecule has 18 heavy (non-hydrogen) atoms. The maximum atomic E-state index is 4.17. The molecule has 0 aromatic carbocycles. The molecule has 0 amide bonds. The van der Waals surface area contributed by atoms with Gasteiger partial charge in [0.1, 0.15) is 6.33 Å². The summed E-state index contributed by atoms with van der Waals surface area (Å²) in [5, 5.41) is 3.63. The van der Waals surface area contributed by atoms with Gasteiger partial charge in [-0.25, -0.2) is 9.97 Å². The van der Waals surface area contributed by atoms with E-state index >= 15 is 0 Å². The van der Waals surface area contributed by atoms with Gasteiger partial charge in [-0.1, -0.05) is 6.92 Å². The van der Waals surface area contributed by atoms with Crippen molar-refractivity contribution in [3.8, 4) is 0 Å². The van der Waals surface area contributed by atoms with E-state index in [1.54, 1.807) is 6.33 Å². The molecule has 0 spiro atoms. The number of hydrogen-bond acceptors (Lipinski definition) is 4. The van der Waals surface area contributed by atoms with E-state index in [0.29, 0.717) is 18.1 Å². The highest BCUT2D eigenvalue weighted by atomic mass is 15.2. The van der Waals surface area contributed by atoms with Gasteiger partial charge in [-0.3, -0.25) is 0 Å². The Morgan fingerprint density at radius 3 is 2.50 bits per heavy atom. The third-order valence-corrected chi connectivity index (χ3v) is 4.31. The minimum atomic E-state index is 0.674. The van der Waals surface area contributed by atoms with Crippen LogP contribution in [0.5, 0.6) is 0 Å². The van der Waals surface area contributed by atoms with Crippen LogP contribution in [-0.2, 0) is 0 Å². The van der Waals surface area contributed by atoms with Gasteiger partial charge in [-0.05, 0) is 38.6 Å². The van der Waals surface area contributed by atoms with Crippen LogP contribution >= 0.6 is 0 Å². The van der Waals surface area contributed by atoms with Crippen molar-refractivity contribution < 1.29 is 0 Å². The molecule has 2 aliphatic heterocycles. The van der Waals surface area contributed by atoms with Crippen LogP contribution in [0.2, 0.25) is 0 Å². The van der Waals surface area contributed by atoms with Gasteiger partial charge in [0.05, 0.1) is 18.1 Å². The van der Waals surface area contributed by atoms with Crippen molar-refractivity contribution in [1.82, 2.24) is 15.3 Å². The molecule has 2 atom stereocenters. The topological polar surface area (TPSA) is 41.0 Å². The molecule has 1 aromatic rings. The molecule has 1 N–H and O–H groups in total. The quantitative estimate of drug-likeness (QED) is 0.885. The lowest BCUT2D eigenvalue weighted by atomic mass is 9.81. The molecule has 98 valence electrons. The lowest BCUT2D eigenvalue weighted by molar-refractivity contribution is 0.247. The van der Waals surface area contributed by atoms with Crippen LogP contribution in [0.1, 0.15) is 39.0 Å². The molecule has 0 saturated carbocycles. The SMILES string of the molecule is CCNC1CC2CCCC(C1)N2c1cncnc1. The maximum Gasteiger partial charge on any atom is 0.115 e. The van der Waals surface area contributed by atoms with Crippen molar-refractivity contribution in [2.45, 2.75) is 57.2 Å². The highest BCUT2D eigenvalue weighted by Crippen LogP contribution is 2.37. The number of anilines is 1. The summed E-state index contributed by atoms with van der Waals surface area (Å²) in [7, 11) is 0. The predicted molar refractivity (Wildman–Crippen MR) is 72.6 cm³/mol. The Kier molecular flexibility index (Phi) is 3.46. The molecule has 3 heterocycles. The lowest BCUT2D eigenvalue weighted by Gasteiger charge is -2.50. The van der Waals surface area contributed by atoms with Crippen LogP contribution in [0.25, 0.3) is 0 Å². The molecule has 2 aliphatic rings. The molecule has 4 heteroatoms. The number of nitrogens with zero attached hydrogens (tertiary/aromatic N) is 3. The van der Waals surface area contributed by atoms with E-state index in [4.69, 9.17) is 0 Å². The Morgan fingerprint density at radius 2 is 1.89 bits per heavy atom. The van der Waals surface area contributed by atoms with Crippen molar-refractivity contribution in [1.29, 1.82) is 0 Å². The average molecular weight is 246 g/mol. The van der Waals surface area contributed by atoms with Gasteiger partial charge in [-0.2, -0.15) is 0 Å². The molecule has 0 aliphatic carbocycles. The molecule has 2 saturated heterocycles. The Morgan fingerprint density at radius 1 is 1.22 bits per heavy atom. The molecular weight excluding hydrogens is 224 g/mol. The zero-order valence-electron chi connectivity index (χ0n) is 11.0. The summed E-state index contributed by atoms with van der Waals surface area (Å²) < 4.78 is 0. The van der Waals surface area contributed by atoms with Crippen LogP contribution in [0.4, 0.5) is 5.69 Å². The van der Waals surface area contributed by atoms with Crippen molar-refractivity contribution >= 4 is 5.69 Å². The fraction of sp³-hybridized carbons (Fsp3) is 0.714. The van der Waals surface area contributed by atoms with Gasteiger partial charge in [0.25, 0.3) is 0 Å². The number of hydrogen-bond donors (Lipinski definition) is 1. The molecular formula is C14H22N4. The summed E-state index contributed by atoms with van der Waals surface area (Å²) in [5.41, 5.74) is 1.21. The number of rotatable bonds is 3. The second-order valence-electron chi connectivity index (χ2n) is 5.47. The number of piperidine rings is 2. The van der Waals surface area contributed by atoms with Gasteiger partial charge in [0.15, 0.2) is 0 Å². The van der Waals surface area contributed by atoms with Crippen LogP contribution in [0.3, 0.4) is 0 Å². The summed E-state index contributed by atoms with van der Waals surface area (Å²) in [6.07, 6.45) is 12.1. The molecule has 3 rings (SSSR count). The second kappa shape index (κ2) is 5.22. The maximum absolute atomic E-state index is 4.17. The Hall–Kier alpha value is -1.16. The third kappa shape index (κ3) is 2.21. The van der Waals surface area contributed by atoms with E-state index in [1.165, 1.54) is 37.8 Å². The van der Waals surface area contributed by atoms with Crippen LogP contribution in [-0.4, -0.2) is 34.6 Å². The van der Waals surface area contributed by atoms with Crippen LogP contribution in [0, 0.1) is 0 Å². The second-order valence-corrected chi connectivity index (χ2v) is 5.47. The Labute approximate surface area is 109 Å². The first-order valence-corrected chi connectivity index (χ1v) is 7.15. The molecule has 2 unspecified atom stereocenters. The normalized spacial score (nSPS) is 31.4. The largest absolute Gasteiger partial charge is 0.363 e. The lowest BCUT2D eigenvalue weighted by Crippen LogP contribution is -2.56. The third-order valence-electron chi connectivity index (χ3n) is 4.31. The zero-order chi connectivity index (χ0) is 12.4. The highest BCUT2D eigenvalue weighted by molar-refractivity contribution is 5.46. The monoisotopic (exact) mass is 246 g/mol. The summed E-state index contributed by atoms with van der Waals surface area (Å²) in [5.74, 6) is 0.